The van der Waals surface area contributed by atoms with Gasteiger partial charge in [-0.25, -0.2) is 0 Å². The quantitative estimate of drug-likeness (QED) is 0.682. The fourth-order valence-electron chi connectivity index (χ4n) is 2.17. The number of rotatable bonds is 9. The van der Waals surface area contributed by atoms with Crippen molar-refractivity contribution in [3.63, 3.8) is 0 Å². The highest BCUT2D eigenvalue weighted by Gasteiger charge is 2.15. The third kappa shape index (κ3) is 9.18. The molecular weight excluding hydrogens is 304 g/mol. The monoisotopic (exact) mass is 334 g/mol. The number of ether oxygens (including phenoxy) is 1. The molecule has 2 amide bonds. The molecule has 0 radical (unpaired) electrons. The van der Waals surface area contributed by atoms with E-state index < -0.39 is 0 Å². The van der Waals surface area contributed by atoms with Gasteiger partial charge in [0, 0.05) is 25.9 Å². The van der Waals surface area contributed by atoms with Crippen molar-refractivity contribution in [1.82, 2.24) is 10.6 Å². The van der Waals surface area contributed by atoms with E-state index in [1.807, 2.05) is 52.0 Å². The van der Waals surface area contributed by atoms with Gasteiger partial charge in [-0.15, -0.1) is 0 Å². The maximum Gasteiger partial charge on any atom is 0.220 e. The summed E-state index contributed by atoms with van der Waals surface area (Å²) in [6.07, 6.45) is 1.57. The lowest BCUT2D eigenvalue weighted by atomic mass is 9.92. The Hall–Kier alpha value is -2.04. The fourth-order valence-corrected chi connectivity index (χ4v) is 2.17. The zero-order valence-corrected chi connectivity index (χ0v) is 15.3. The van der Waals surface area contributed by atoms with Crippen molar-refractivity contribution < 1.29 is 14.3 Å². The van der Waals surface area contributed by atoms with Gasteiger partial charge in [-0.2, -0.15) is 0 Å². The first-order valence-electron chi connectivity index (χ1n) is 8.50. The van der Waals surface area contributed by atoms with Crippen LogP contribution in [0.25, 0.3) is 0 Å². The van der Waals surface area contributed by atoms with Crippen LogP contribution in [0, 0.1) is 12.3 Å². The van der Waals surface area contributed by atoms with Crippen LogP contribution < -0.4 is 15.4 Å². The van der Waals surface area contributed by atoms with Gasteiger partial charge in [0.1, 0.15) is 5.75 Å². The Balaban J connectivity index is 2.06. The summed E-state index contributed by atoms with van der Waals surface area (Å²) in [5, 5.41) is 5.61. The molecule has 0 heterocycles. The van der Waals surface area contributed by atoms with Gasteiger partial charge < -0.3 is 15.4 Å². The van der Waals surface area contributed by atoms with Crippen LogP contribution in [0.5, 0.6) is 5.75 Å². The Kier molecular flexibility index (Phi) is 8.30. The van der Waals surface area contributed by atoms with E-state index in [9.17, 15) is 9.59 Å². The lowest BCUT2D eigenvalue weighted by Gasteiger charge is -2.17. The second-order valence-corrected chi connectivity index (χ2v) is 7.15. The number of carbonyl (C=O) groups excluding carboxylic acids is 2. The predicted octanol–water partition coefficient (Wildman–Crippen LogP) is 2.82. The molecule has 0 saturated heterocycles. The van der Waals surface area contributed by atoms with Crippen LogP contribution in [0.4, 0.5) is 0 Å². The summed E-state index contributed by atoms with van der Waals surface area (Å²) >= 11 is 0. The Morgan fingerprint density at radius 1 is 1.04 bits per heavy atom. The summed E-state index contributed by atoms with van der Waals surface area (Å²) in [6.45, 7) is 9.48. The first-order chi connectivity index (χ1) is 11.3. The molecule has 5 nitrogen and oxygen atoms in total. The first-order valence-corrected chi connectivity index (χ1v) is 8.50. The maximum absolute atomic E-state index is 11.7. The number of carbonyl (C=O) groups is 2. The lowest BCUT2D eigenvalue weighted by molar-refractivity contribution is -0.124. The Bertz CT molecular complexity index is 536. The number of aryl methyl sites for hydroxylation is 1. The van der Waals surface area contributed by atoms with Crippen LogP contribution in [0.2, 0.25) is 0 Å². The van der Waals surface area contributed by atoms with Crippen molar-refractivity contribution in [2.24, 2.45) is 5.41 Å². The second-order valence-electron chi connectivity index (χ2n) is 7.15. The van der Waals surface area contributed by atoms with Crippen LogP contribution in [-0.2, 0) is 9.59 Å². The van der Waals surface area contributed by atoms with Crippen molar-refractivity contribution in [3.05, 3.63) is 29.8 Å². The molecule has 5 heteroatoms. The fraction of sp³-hybridized carbons (Fsp3) is 0.579. The molecule has 24 heavy (non-hydrogen) atoms. The average Bonchev–Trinajstić information content (AvgIpc) is 2.48. The van der Waals surface area contributed by atoms with Crippen LogP contribution in [0.3, 0.4) is 0 Å². The van der Waals surface area contributed by atoms with Crippen molar-refractivity contribution >= 4 is 11.8 Å². The van der Waals surface area contributed by atoms with Crippen molar-refractivity contribution in [2.45, 2.75) is 47.0 Å². The molecule has 0 spiro atoms. The first kappa shape index (κ1) is 20.0. The number of hydrogen-bond donors (Lipinski definition) is 2. The largest absolute Gasteiger partial charge is 0.493 e. The highest BCUT2D eigenvalue weighted by atomic mass is 16.5. The van der Waals surface area contributed by atoms with Gasteiger partial charge in [0.05, 0.1) is 6.61 Å². The predicted molar refractivity (Wildman–Crippen MR) is 96.0 cm³/mol. The van der Waals surface area contributed by atoms with Gasteiger partial charge in [-0.1, -0.05) is 39.0 Å². The maximum atomic E-state index is 11.7. The smallest absolute Gasteiger partial charge is 0.220 e. The van der Waals surface area contributed by atoms with Gasteiger partial charge in [0.25, 0.3) is 0 Å². The molecule has 0 aliphatic rings. The van der Waals surface area contributed by atoms with Crippen LogP contribution in [-0.4, -0.2) is 31.5 Å². The standard InChI is InChI=1S/C19H30N2O3/c1-15-8-5-6-9-16(15)24-13-7-10-17(22)20-11-12-21-18(23)14-19(2,3)4/h5-6,8-9H,7,10-14H2,1-4H3,(H,20,22)(H,21,23). The van der Waals surface area contributed by atoms with Gasteiger partial charge in [0.15, 0.2) is 0 Å². The summed E-state index contributed by atoms with van der Waals surface area (Å²) < 4.78 is 5.65. The van der Waals surface area contributed by atoms with Gasteiger partial charge in [0.2, 0.25) is 11.8 Å². The minimum atomic E-state index is -0.0234. The number of amides is 2. The molecule has 0 bridgehead atoms. The molecule has 0 fully saturated rings. The summed E-state index contributed by atoms with van der Waals surface area (Å²) in [5.41, 5.74) is 1.07. The Morgan fingerprint density at radius 3 is 2.29 bits per heavy atom. The van der Waals surface area contributed by atoms with E-state index in [0.29, 0.717) is 39.0 Å². The second kappa shape index (κ2) is 9.96. The third-order valence-corrected chi connectivity index (χ3v) is 3.36. The van der Waals surface area contributed by atoms with Crippen molar-refractivity contribution in [1.29, 1.82) is 0 Å². The molecule has 1 aromatic rings. The number of para-hydroxylation sites is 1. The number of hydrogen-bond acceptors (Lipinski definition) is 3. The van der Waals surface area contributed by atoms with E-state index in [1.165, 1.54) is 0 Å². The zero-order valence-electron chi connectivity index (χ0n) is 15.3. The Labute approximate surface area is 145 Å². The highest BCUT2D eigenvalue weighted by molar-refractivity contribution is 5.77. The minimum absolute atomic E-state index is 0.0170. The van der Waals surface area contributed by atoms with Crippen molar-refractivity contribution in [3.8, 4) is 5.75 Å². The summed E-state index contributed by atoms with van der Waals surface area (Å²) in [7, 11) is 0. The van der Waals surface area contributed by atoms with Gasteiger partial charge >= 0.3 is 0 Å². The molecule has 0 atom stereocenters. The SMILES string of the molecule is Cc1ccccc1OCCCC(=O)NCCNC(=O)CC(C)(C)C. The molecule has 1 rings (SSSR count). The third-order valence-electron chi connectivity index (χ3n) is 3.36. The lowest BCUT2D eigenvalue weighted by Crippen LogP contribution is -2.35. The molecule has 2 N–H and O–H groups in total. The van der Waals surface area contributed by atoms with Gasteiger partial charge in [-0.3, -0.25) is 9.59 Å². The van der Waals surface area contributed by atoms with E-state index in [1.54, 1.807) is 0 Å². The number of benzene rings is 1. The molecule has 0 aromatic heterocycles. The average molecular weight is 334 g/mol. The minimum Gasteiger partial charge on any atom is -0.493 e. The molecular formula is C19H30N2O3. The van der Waals surface area contributed by atoms with E-state index in [0.717, 1.165) is 11.3 Å². The van der Waals surface area contributed by atoms with Crippen LogP contribution >= 0.6 is 0 Å². The molecule has 0 aliphatic carbocycles. The topological polar surface area (TPSA) is 67.4 Å². The van der Waals surface area contributed by atoms with E-state index in [2.05, 4.69) is 10.6 Å². The van der Waals surface area contributed by atoms with Crippen LogP contribution in [0.1, 0.15) is 45.6 Å². The summed E-state index contributed by atoms with van der Waals surface area (Å²) in [5.74, 6) is 0.858. The molecule has 0 saturated carbocycles. The molecule has 0 aliphatic heterocycles. The normalized spacial score (nSPS) is 11.0. The van der Waals surface area contributed by atoms with E-state index >= 15 is 0 Å². The van der Waals surface area contributed by atoms with E-state index in [4.69, 9.17) is 4.74 Å². The highest BCUT2D eigenvalue weighted by Crippen LogP contribution is 2.17. The molecule has 1 aromatic carbocycles. The zero-order chi connectivity index (χ0) is 18.0. The molecule has 0 unspecified atom stereocenters. The van der Waals surface area contributed by atoms with E-state index in [-0.39, 0.29) is 17.2 Å². The van der Waals surface area contributed by atoms with Gasteiger partial charge in [-0.05, 0) is 30.4 Å². The summed E-state index contributed by atoms with van der Waals surface area (Å²) in [4.78, 5) is 23.4. The van der Waals surface area contributed by atoms with Crippen molar-refractivity contribution in [2.75, 3.05) is 19.7 Å². The van der Waals surface area contributed by atoms with Crippen LogP contribution in [0.15, 0.2) is 24.3 Å². The number of nitrogens with one attached hydrogen (secondary N) is 2. The summed E-state index contributed by atoms with van der Waals surface area (Å²) in [6, 6.07) is 7.82. The molecule has 134 valence electrons. The Morgan fingerprint density at radius 2 is 1.67 bits per heavy atom.